The number of nitrogens with zero attached hydrogens (tertiary/aromatic N) is 5. The second-order valence-electron chi connectivity index (χ2n) is 6.43. The second-order valence-corrected chi connectivity index (χ2v) is 7.49. The summed E-state index contributed by atoms with van der Waals surface area (Å²) >= 11 is 1.62. The minimum Gasteiger partial charge on any atom is -0.394 e. The summed E-state index contributed by atoms with van der Waals surface area (Å²) < 4.78 is 7.38. The quantitative estimate of drug-likeness (QED) is 0.552. The Balaban J connectivity index is 0.00000243. The largest absolute Gasteiger partial charge is 0.394 e. The number of aliphatic hydroxyl groups is 2. The number of hydrogen-bond donors (Lipinski definition) is 2. The highest BCUT2D eigenvalue weighted by Crippen LogP contribution is 2.38. The van der Waals surface area contributed by atoms with Crippen LogP contribution in [-0.2, 0) is 4.74 Å². The van der Waals surface area contributed by atoms with Crippen LogP contribution in [0.25, 0.3) is 11.2 Å². The van der Waals surface area contributed by atoms with Gasteiger partial charge in [-0.3, -0.25) is 0 Å². The molecule has 1 aliphatic carbocycles. The average Bonchev–Trinajstić information content (AvgIpc) is 3.14. The first-order valence-corrected chi connectivity index (χ1v) is 9.68. The number of rotatable bonds is 7. The molecule has 2 aromatic heterocycles. The molecule has 2 heterocycles. The van der Waals surface area contributed by atoms with Gasteiger partial charge in [0.25, 0.3) is 0 Å². The van der Waals surface area contributed by atoms with Crippen LogP contribution >= 0.6 is 11.8 Å². The molecule has 26 heavy (non-hydrogen) atoms. The number of aliphatic hydroxyl groups excluding tert-OH is 2. The molecule has 1 fully saturated rings. The van der Waals surface area contributed by atoms with Crippen LogP contribution in [0.3, 0.4) is 0 Å². The van der Waals surface area contributed by atoms with Gasteiger partial charge < -0.3 is 14.9 Å². The van der Waals surface area contributed by atoms with Gasteiger partial charge in [0, 0.05) is 11.7 Å². The Bertz CT molecular complexity index is 726. The van der Waals surface area contributed by atoms with Crippen molar-refractivity contribution in [3.63, 3.8) is 0 Å². The van der Waals surface area contributed by atoms with E-state index in [4.69, 9.17) is 9.84 Å². The Morgan fingerprint density at radius 3 is 2.81 bits per heavy atom. The first-order chi connectivity index (χ1) is 12.1. The molecule has 146 valence electrons. The van der Waals surface area contributed by atoms with Crippen molar-refractivity contribution in [1.29, 1.82) is 0 Å². The molecule has 1 saturated carbocycles. The van der Waals surface area contributed by atoms with Crippen LogP contribution in [-0.4, -0.2) is 66.3 Å². The van der Waals surface area contributed by atoms with E-state index in [9.17, 15) is 5.11 Å². The van der Waals surface area contributed by atoms with Crippen LogP contribution in [0.5, 0.6) is 0 Å². The average molecular weight is 384 g/mol. The summed E-state index contributed by atoms with van der Waals surface area (Å²) in [7, 11) is 0. The Kier molecular flexibility index (Phi) is 7.33. The molecule has 0 spiro atoms. The Morgan fingerprint density at radius 1 is 1.35 bits per heavy atom. The summed E-state index contributed by atoms with van der Waals surface area (Å²) in [6.07, 6.45) is 0.746. The lowest BCUT2D eigenvalue weighted by molar-refractivity contribution is -0.0402. The second kappa shape index (κ2) is 9.07. The highest BCUT2D eigenvalue weighted by atomic mass is 32.2. The van der Waals surface area contributed by atoms with Gasteiger partial charge in [-0.15, -0.1) is 5.10 Å². The van der Waals surface area contributed by atoms with Crippen molar-refractivity contribution < 1.29 is 14.9 Å². The van der Waals surface area contributed by atoms with Crippen molar-refractivity contribution in [2.45, 2.75) is 64.4 Å². The Labute approximate surface area is 158 Å². The van der Waals surface area contributed by atoms with Gasteiger partial charge in [-0.2, -0.15) is 0 Å². The predicted molar refractivity (Wildman–Crippen MR) is 101 cm³/mol. The van der Waals surface area contributed by atoms with Crippen LogP contribution in [0, 0.1) is 12.8 Å². The molecule has 0 bridgehead atoms. The summed E-state index contributed by atoms with van der Waals surface area (Å²) in [6, 6.07) is -0.0537. The standard InChI is InChI=1S/C16H25N5O3S.CH4/c1-4-7-25-16-17-10(3)13-15(18-16)21(20-19-13)11-8-12(24-6-5-22)14(23)9(11)2;/h9,11-12,14,22-23H,4-8H2,1-3H3;1H4/t9-,11?,12-,14-;/m0./s1. The third-order valence-corrected chi connectivity index (χ3v) is 5.70. The van der Waals surface area contributed by atoms with Crippen molar-refractivity contribution in [3.05, 3.63) is 5.69 Å². The van der Waals surface area contributed by atoms with Crippen LogP contribution in [0.4, 0.5) is 0 Å². The molecule has 0 aromatic carbocycles. The third-order valence-electron chi connectivity index (χ3n) is 4.65. The monoisotopic (exact) mass is 383 g/mol. The van der Waals surface area contributed by atoms with Crippen LogP contribution in [0.15, 0.2) is 5.16 Å². The number of thioether (sulfide) groups is 1. The van der Waals surface area contributed by atoms with Crippen LogP contribution in [0.2, 0.25) is 0 Å². The third kappa shape index (κ3) is 4.00. The molecule has 4 atom stereocenters. The lowest BCUT2D eigenvalue weighted by Gasteiger charge is -2.18. The van der Waals surface area contributed by atoms with Gasteiger partial charge >= 0.3 is 0 Å². The highest BCUT2D eigenvalue weighted by Gasteiger charge is 2.42. The summed E-state index contributed by atoms with van der Waals surface area (Å²) in [5, 5.41) is 28.7. The number of fused-ring (bicyclic) bond motifs is 1. The van der Waals surface area contributed by atoms with E-state index in [0.717, 1.165) is 23.0 Å². The molecule has 2 N–H and O–H groups in total. The minimum absolute atomic E-state index is 0. The Hall–Kier alpha value is -1.29. The molecule has 9 heteroatoms. The number of hydrogen-bond acceptors (Lipinski definition) is 8. The lowest BCUT2D eigenvalue weighted by atomic mass is 10.0. The van der Waals surface area contributed by atoms with Crippen molar-refractivity contribution >= 4 is 22.9 Å². The van der Waals surface area contributed by atoms with Gasteiger partial charge in [0.15, 0.2) is 16.3 Å². The zero-order valence-corrected chi connectivity index (χ0v) is 15.6. The van der Waals surface area contributed by atoms with E-state index in [1.165, 1.54) is 0 Å². The maximum absolute atomic E-state index is 10.4. The van der Waals surface area contributed by atoms with Crippen molar-refractivity contribution in [2.24, 2.45) is 5.92 Å². The summed E-state index contributed by atoms with van der Waals surface area (Å²) in [5.74, 6) is 0.915. The van der Waals surface area contributed by atoms with E-state index >= 15 is 0 Å². The molecule has 0 amide bonds. The van der Waals surface area contributed by atoms with Gasteiger partial charge in [-0.1, -0.05) is 38.2 Å². The lowest BCUT2D eigenvalue weighted by Crippen LogP contribution is -2.28. The normalized spacial score (nSPS) is 25.6. The number of ether oxygens (including phenoxy) is 1. The molecule has 2 aromatic rings. The van der Waals surface area contributed by atoms with E-state index in [0.29, 0.717) is 17.6 Å². The molecule has 3 rings (SSSR count). The SMILES string of the molecule is C.CCCSc1nc(C)c2nnn(C3C[C@H](OCCO)[C@@H](O)[C@H]3C)c2n1. The van der Waals surface area contributed by atoms with Gasteiger partial charge in [0.1, 0.15) is 0 Å². The molecule has 8 nitrogen and oxygen atoms in total. The molecular weight excluding hydrogens is 354 g/mol. The minimum atomic E-state index is -0.604. The zero-order valence-electron chi connectivity index (χ0n) is 14.8. The molecule has 1 aliphatic rings. The molecule has 1 unspecified atom stereocenters. The predicted octanol–water partition coefficient (Wildman–Crippen LogP) is 1.99. The van der Waals surface area contributed by atoms with Gasteiger partial charge in [-0.05, 0) is 19.8 Å². The van der Waals surface area contributed by atoms with E-state index < -0.39 is 6.10 Å². The molecule has 0 saturated heterocycles. The maximum Gasteiger partial charge on any atom is 0.189 e. The molecule has 0 radical (unpaired) electrons. The van der Waals surface area contributed by atoms with Crippen LogP contribution < -0.4 is 0 Å². The summed E-state index contributed by atoms with van der Waals surface area (Å²) in [4.78, 5) is 9.15. The van der Waals surface area contributed by atoms with Gasteiger partial charge in [0.05, 0.1) is 37.2 Å². The fraction of sp³-hybridized carbons (Fsp3) is 0.765. The van der Waals surface area contributed by atoms with Crippen LogP contribution in [0.1, 0.15) is 45.9 Å². The first kappa shape index (κ1) is 21.0. The van der Waals surface area contributed by atoms with Crippen molar-refractivity contribution in [1.82, 2.24) is 25.0 Å². The number of aryl methyl sites for hydroxylation is 1. The fourth-order valence-corrected chi connectivity index (χ4v) is 4.01. The number of aromatic nitrogens is 5. The Morgan fingerprint density at radius 2 is 2.12 bits per heavy atom. The smallest absolute Gasteiger partial charge is 0.189 e. The van der Waals surface area contributed by atoms with Crippen molar-refractivity contribution in [3.8, 4) is 0 Å². The summed E-state index contributed by atoms with van der Waals surface area (Å²) in [6.45, 7) is 6.18. The van der Waals surface area contributed by atoms with E-state index in [2.05, 4.69) is 27.2 Å². The van der Waals surface area contributed by atoms with E-state index in [1.807, 2.05) is 13.8 Å². The van der Waals surface area contributed by atoms with Gasteiger partial charge in [0.2, 0.25) is 0 Å². The fourth-order valence-electron chi connectivity index (χ4n) is 3.27. The maximum atomic E-state index is 10.4. The van der Waals surface area contributed by atoms with Gasteiger partial charge in [-0.25, -0.2) is 14.6 Å². The first-order valence-electron chi connectivity index (χ1n) is 8.69. The molecular formula is C17H29N5O3S. The molecule has 0 aliphatic heterocycles. The van der Waals surface area contributed by atoms with Crippen molar-refractivity contribution in [2.75, 3.05) is 19.0 Å². The highest BCUT2D eigenvalue weighted by molar-refractivity contribution is 7.99. The zero-order chi connectivity index (χ0) is 18.0. The van der Waals surface area contributed by atoms with E-state index in [-0.39, 0.29) is 38.7 Å². The summed E-state index contributed by atoms with van der Waals surface area (Å²) in [5.41, 5.74) is 2.22. The topological polar surface area (TPSA) is 106 Å². The van der Waals surface area contributed by atoms with E-state index in [1.54, 1.807) is 16.4 Å².